The Bertz CT molecular complexity index is 1350. The van der Waals surface area contributed by atoms with Crippen LogP contribution in [0.5, 0.6) is 5.75 Å². The van der Waals surface area contributed by atoms with E-state index >= 15 is 0 Å². The molecular weight excluding hydrogens is 457 g/mol. The van der Waals surface area contributed by atoms with Gasteiger partial charge >= 0.3 is 0 Å². The third-order valence-corrected chi connectivity index (χ3v) is 7.32. The van der Waals surface area contributed by atoms with Crippen LogP contribution >= 0.6 is 0 Å². The first-order chi connectivity index (χ1) is 16.6. The van der Waals surface area contributed by atoms with Crippen LogP contribution in [0.3, 0.4) is 0 Å². The molecule has 0 saturated heterocycles. The van der Waals surface area contributed by atoms with Crippen LogP contribution in [0.2, 0.25) is 0 Å². The number of fused-ring (bicyclic) bond motifs is 1. The van der Waals surface area contributed by atoms with Gasteiger partial charge in [-0.25, -0.2) is 4.39 Å². The van der Waals surface area contributed by atoms with E-state index in [1.807, 2.05) is 6.92 Å². The van der Waals surface area contributed by atoms with Crippen LogP contribution in [0.25, 0.3) is 0 Å². The number of methoxy groups -OCH3 is 1. The number of nitrogens with one attached hydrogen (secondary N) is 1. The molecule has 2 aromatic rings. The number of amides is 2. The maximum atomic E-state index is 14.3. The third kappa shape index (κ3) is 3.24. The van der Waals surface area contributed by atoms with Crippen molar-refractivity contribution in [1.29, 1.82) is 0 Å². The molecule has 2 bridgehead atoms. The second-order valence-electron chi connectivity index (χ2n) is 9.44. The molecule has 1 spiro atoms. The summed E-state index contributed by atoms with van der Waals surface area (Å²) in [5, 5.41) is 24.5. The highest BCUT2D eigenvalue weighted by Gasteiger charge is 2.58. The Morgan fingerprint density at radius 2 is 2.06 bits per heavy atom. The average molecular weight is 483 g/mol. The van der Waals surface area contributed by atoms with Gasteiger partial charge in [-0.1, -0.05) is 24.3 Å². The zero-order valence-corrected chi connectivity index (χ0v) is 19.5. The highest BCUT2D eigenvalue weighted by Crippen LogP contribution is 2.50. The predicted molar refractivity (Wildman–Crippen MR) is 123 cm³/mol. The first kappa shape index (κ1) is 23.3. The Hall–Kier alpha value is -3.50. The Balaban J connectivity index is 1.66. The molecule has 3 aliphatic heterocycles. The molecule has 1 aromatic carbocycles. The standard InChI is InChI=1S/C25H26FN3O6/c1-12-4-6-14(15(26)8-12)10-27-23(33)18-19-16(30)9-25-11-28(13(2)5-7-17(25)35-3)24(34)20(29(19)25)22(32)21(18)31/h4-8,13,16-17,30,32H,9-11H2,1-3H3,(H,27,33)/t13-,16?,17-,25+/m0/s1. The number of aromatic nitrogens is 1. The normalized spacial score (nSPS) is 26.5. The molecule has 1 aromatic heterocycles. The number of pyridine rings is 1. The SMILES string of the molecule is CO[C@H]1C=C[C@H](C)N2C[C@]13CC(O)c1c(C(=O)NCc4ccc(C)cc4F)c(=O)c(O)c(n13)C2=O. The molecule has 3 N–H and O–H groups in total. The number of nitrogens with zero attached hydrogens (tertiary/aromatic N) is 2. The summed E-state index contributed by atoms with van der Waals surface area (Å²) in [6.45, 7) is 3.50. The van der Waals surface area contributed by atoms with E-state index in [4.69, 9.17) is 4.74 Å². The molecular formula is C25H26FN3O6. The molecule has 10 heteroatoms. The minimum absolute atomic E-state index is 0.0531. The number of carbonyl (C=O) groups is 2. The smallest absolute Gasteiger partial charge is 0.275 e. The van der Waals surface area contributed by atoms with Crippen molar-refractivity contribution in [3.8, 4) is 5.75 Å². The van der Waals surface area contributed by atoms with Crippen LogP contribution in [-0.4, -0.2) is 57.3 Å². The number of benzene rings is 1. The zero-order valence-electron chi connectivity index (χ0n) is 19.5. The topological polar surface area (TPSA) is 121 Å². The number of aromatic hydroxyl groups is 1. The number of ether oxygens (including phenoxy) is 1. The van der Waals surface area contributed by atoms with Crippen LogP contribution in [-0.2, 0) is 16.8 Å². The molecule has 1 unspecified atom stereocenters. The Labute approximate surface area is 200 Å². The van der Waals surface area contributed by atoms with Gasteiger partial charge in [0, 0.05) is 38.2 Å². The number of rotatable bonds is 4. The summed E-state index contributed by atoms with van der Waals surface area (Å²) >= 11 is 0. The summed E-state index contributed by atoms with van der Waals surface area (Å²) < 4.78 is 21.4. The maximum Gasteiger partial charge on any atom is 0.275 e. The van der Waals surface area contributed by atoms with Gasteiger partial charge in [0.15, 0.2) is 11.4 Å². The molecule has 2 amide bonds. The number of hydrogen-bond donors (Lipinski definition) is 3. The molecule has 4 atom stereocenters. The summed E-state index contributed by atoms with van der Waals surface area (Å²) in [6, 6.07) is 4.22. The summed E-state index contributed by atoms with van der Waals surface area (Å²) in [5.41, 5.74) is -1.96. The highest BCUT2D eigenvalue weighted by molar-refractivity contribution is 6.01. The largest absolute Gasteiger partial charge is 0.503 e. The lowest BCUT2D eigenvalue weighted by molar-refractivity contribution is -0.0108. The fourth-order valence-electron chi connectivity index (χ4n) is 5.60. The predicted octanol–water partition coefficient (Wildman–Crippen LogP) is 1.49. The van der Waals surface area contributed by atoms with Crippen LogP contribution in [0, 0.1) is 12.7 Å². The lowest BCUT2D eigenvalue weighted by Gasteiger charge is -2.45. The molecule has 3 aliphatic rings. The Morgan fingerprint density at radius 3 is 2.74 bits per heavy atom. The van der Waals surface area contributed by atoms with E-state index < -0.39 is 52.1 Å². The van der Waals surface area contributed by atoms with Crippen molar-refractivity contribution in [2.75, 3.05) is 13.7 Å². The van der Waals surface area contributed by atoms with E-state index in [0.717, 1.165) is 5.56 Å². The Kier molecular flexibility index (Phi) is 5.33. The van der Waals surface area contributed by atoms with E-state index in [9.17, 15) is 29.0 Å². The summed E-state index contributed by atoms with van der Waals surface area (Å²) in [7, 11) is 1.50. The van der Waals surface area contributed by atoms with E-state index in [1.165, 1.54) is 28.7 Å². The molecule has 0 saturated carbocycles. The minimum atomic E-state index is -1.27. The third-order valence-electron chi connectivity index (χ3n) is 7.32. The molecule has 9 nitrogen and oxygen atoms in total. The van der Waals surface area contributed by atoms with Gasteiger partial charge in [-0.05, 0) is 25.5 Å². The van der Waals surface area contributed by atoms with Crippen LogP contribution in [0.15, 0.2) is 35.1 Å². The number of aliphatic hydroxyl groups excluding tert-OH is 1. The quantitative estimate of drug-likeness (QED) is 0.567. The Morgan fingerprint density at radius 1 is 1.31 bits per heavy atom. The molecule has 35 heavy (non-hydrogen) atoms. The first-order valence-corrected chi connectivity index (χ1v) is 11.4. The fourth-order valence-corrected chi connectivity index (χ4v) is 5.60. The second kappa shape index (κ2) is 8.03. The van der Waals surface area contributed by atoms with Gasteiger partial charge in [0.2, 0.25) is 5.43 Å². The van der Waals surface area contributed by atoms with Gasteiger partial charge in [-0.3, -0.25) is 14.4 Å². The second-order valence-corrected chi connectivity index (χ2v) is 9.44. The van der Waals surface area contributed by atoms with Crippen LogP contribution in [0.4, 0.5) is 4.39 Å². The monoisotopic (exact) mass is 483 g/mol. The molecule has 0 radical (unpaired) electrons. The number of aliphatic hydroxyl groups is 1. The van der Waals surface area contributed by atoms with Gasteiger partial charge in [0.1, 0.15) is 17.5 Å². The molecule has 5 rings (SSSR count). The maximum absolute atomic E-state index is 14.3. The summed E-state index contributed by atoms with van der Waals surface area (Å²) in [4.78, 5) is 41.3. The number of aryl methyl sites for hydroxylation is 1. The minimum Gasteiger partial charge on any atom is -0.503 e. The van der Waals surface area contributed by atoms with Gasteiger partial charge in [-0.15, -0.1) is 0 Å². The first-order valence-electron chi connectivity index (χ1n) is 11.4. The van der Waals surface area contributed by atoms with Crippen molar-refractivity contribution in [2.45, 2.75) is 50.6 Å². The lowest BCUT2D eigenvalue weighted by Crippen LogP contribution is -2.59. The highest BCUT2D eigenvalue weighted by atomic mass is 19.1. The van der Waals surface area contributed by atoms with E-state index in [0.29, 0.717) is 0 Å². The van der Waals surface area contributed by atoms with Crippen molar-refractivity contribution in [2.24, 2.45) is 0 Å². The summed E-state index contributed by atoms with van der Waals surface area (Å²) in [6.07, 6.45) is 1.79. The van der Waals surface area contributed by atoms with Crippen molar-refractivity contribution >= 4 is 11.8 Å². The van der Waals surface area contributed by atoms with Gasteiger partial charge in [0.05, 0.1) is 17.3 Å². The van der Waals surface area contributed by atoms with Crippen molar-refractivity contribution in [3.05, 3.63) is 74.5 Å². The molecule has 184 valence electrons. The number of carbonyl (C=O) groups excluding carboxylic acids is 2. The van der Waals surface area contributed by atoms with Crippen molar-refractivity contribution in [1.82, 2.24) is 14.8 Å². The molecule has 4 heterocycles. The molecule has 0 fully saturated rings. The van der Waals surface area contributed by atoms with E-state index in [2.05, 4.69) is 5.32 Å². The lowest BCUT2D eigenvalue weighted by atomic mass is 9.86. The van der Waals surface area contributed by atoms with Crippen molar-refractivity contribution < 1.29 is 28.9 Å². The number of hydrogen-bond acceptors (Lipinski definition) is 6. The number of halogens is 1. The fraction of sp³-hybridized carbons (Fsp3) is 0.400. The average Bonchev–Trinajstić information content (AvgIpc) is 3.02. The summed E-state index contributed by atoms with van der Waals surface area (Å²) in [5.74, 6) is -2.83. The zero-order chi connectivity index (χ0) is 25.2. The van der Waals surface area contributed by atoms with Gasteiger partial charge in [-0.2, -0.15) is 0 Å². The van der Waals surface area contributed by atoms with Crippen LogP contribution < -0.4 is 10.7 Å². The van der Waals surface area contributed by atoms with E-state index in [-0.39, 0.29) is 42.5 Å². The van der Waals surface area contributed by atoms with Gasteiger partial charge < -0.3 is 29.7 Å². The van der Waals surface area contributed by atoms with Gasteiger partial charge in [0.25, 0.3) is 11.8 Å². The molecule has 0 aliphatic carbocycles. The van der Waals surface area contributed by atoms with E-state index in [1.54, 1.807) is 25.1 Å². The van der Waals surface area contributed by atoms with Crippen molar-refractivity contribution in [3.63, 3.8) is 0 Å². The van der Waals surface area contributed by atoms with Crippen LogP contribution in [0.1, 0.15) is 57.1 Å².